The molecular weight excluding hydrogens is 365 g/mol. The molecule has 3 heterocycles. The van der Waals surface area contributed by atoms with Gasteiger partial charge in [-0.25, -0.2) is 4.98 Å². The highest BCUT2D eigenvalue weighted by Crippen LogP contribution is 2.32. The zero-order chi connectivity index (χ0) is 17.5. The van der Waals surface area contributed by atoms with E-state index in [9.17, 15) is 17.4 Å². The molecule has 0 radical (unpaired) electrons. The predicted molar refractivity (Wildman–Crippen MR) is 83.2 cm³/mol. The van der Waals surface area contributed by atoms with Crippen molar-refractivity contribution in [3.63, 3.8) is 0 Å². The number of imidazole rings is 1. The Morgan fingerprint density at radius 2 is 1.96 bits per heavy atom. The molecule has 3 aromatic rings. The summed E-state index contributed by atoms with van der Waals surface area (Å²) in [5.74, 6) is 0.220. The van der Waals surface area contributed by atoms with Crippen LogP contribution in [0.15, 0.2) is 35.5 Å². The highest BCUT2D eigenvalue weighted by Gasteiger charge is 2.32. The lowest BCUT2D eigenvalue weighted by molar-refractivity contribution is -0.137. The van der Waals surface area contributed by atoms with Gasteiger partial charge in [-0.3, -0.25) is 8.61 Å². The number of rotatable bonds is 3. The van der Waals surface area contributed by atoms with Gasteiger partial charge in [0.05, 0.1) is 16.4 Å². The molecule has 0 saturated heterocycles. The molecule has 0 bridgehead atoms. The summed E-state index contributed by atoms with van der Waals surface area (Å²) in [4.78, 5) is 4.26. The minimum atomic E-state index is -4.51. The summed E-state index contributed by atoms with van der Waals surface area (Å²) in [5, 5.41) is 7.89. The van der Waals surface area contributed by atoms with Crippen LogP contribution < -0.4 is 0 Å². The second kappa shape index (κ2) is 6.14. The monoisotopic (exact) mass is 374 g/mol. The number of alkyl halides is 3. The van der Waals surface area contributed by atoms with Crippen LogP contribution in [-0.2, 0) is 17.0 Å². The molecule has 5 nitrogen and oxygen atoms in total. The topological polar surface area (TPSA) is 60.2 Å². The Kier molecular flexibility index (Phi) is 4.31. The van der Waals surface area contributed by atoms with Gasteiger partial charge in [0.1, 0.15) is 22.1 Å². The van der Waals surface area contributed by atoms with Gasteiger partial charge in [0.15, 0.2) is 5.15 Å². The fraction of sp³-hybridized carbons (Fsp3) is 0.214. The molecule has 126 valence electrons. The maximum atomic E-state index is 13.0. The molecule has 1 atom stereocenters. The second-order valence-electron chi connectivity index (χ2n) is 4.78. The van der Waals surface area contributed by atoms with Crippen LogP contribution in [0, 0.1) is 0 Å². The minimum absolute atomic E-state index is 0.148. The molecule has 24 heavy (non-hydrogen) atoms. The summed E-state index contributed by atoms with van der Waals surface area (Å²) < 4.78 is 52.5. The molecule has 0 fully saturated rings. The standard InChI is InChI=1S/C14H10ClF3N4OS/c1-2-24(23)13-12(9-4-5-10(15)21-20-9)19-11-6-3-8(7-22(11)13)14(16,17)18/h3-7H,2H2,1H3. The number of fused-ring (bicyclic) bond motifs is 1. The van der Waals surface area contributed by atoms with Crippen molar-refractivity contribution in [2.24, 2.45) is 0 Å². The average molecular weight is 375 g/mol. The number of hydrogen-bond acceptors (Lipinski definition) is 4. The van der Waals surface area contributed by atoms with Crippen molar-refractivity contribution in [2.75, 3.05) is 5.75 Å². The molecular formula is C14H10ClF3N4OS. The molecule has 0 aliphatic carbocycles. The first kappa shape index (κ1) is 16.8. The normalized spacial score (nSPS) is 13.4. The summed E-state index contributed by atoms with van der Waals surface area (Å²) in [6.07, 6.45) is -3.62. The molecule has 0 spiro atoms. The largest absolute Gasteiger partial charge is 0.417 e. The first-order chi connectivity index (χ1) is 11.3. The number of halogens is 4. The van der Waals surface area contributed by atoms with E-state index in [1.54, 1.807) is 6.92 Å². The Hall–Kier alpha value is -2.00. The molecule has 0 aliphatic heterocycles. The van der Waals surface area contributed by atoms with Crippen LogP contribution in [0.25, 0.3) is 17.0 Å². The lowest BCUT2D eigenvalue weighted by atomic mass is 10.3. The van der Waals surface area contributed by atoms with Crippen LogP contribution >= 0.6 is 11.6 Å². The summed E-state index contributed by atoms with van der Waals surface area (Å²) in [7, 11) is -1.55. The van der Waals surface area contributed by atoms with Gasteiger partial charge in [0.2, 0.25) is 0 Å². The van der Waals surface area contributed by atoms with Crippen molar-refractivity contribution >= 4 is 28.0 Å². The van der Waals surface area contributed by atoms with Crippen LogP contribution in [0.1, 0.15) is 12.5 Å². The third-order valence-corrected chi connectivity index (χ3v) is 4.80. The Morgan fingerprint density at radius 1 is 1.21 bits per heavy atom. The first-order valence-electron chi connectivity index (χ1n) is 6.78. The van der Waals surface area contributed by atoms with E-state index in [0.717, 1.165) is 12.3 Å². The number of pyridine rings is 1. The molecule has 10 heteroatoms. The highest BCUT2D eigenvalue weighted by molar-refractivity contribution is 7.85. The minimum Gasteiger partial charge on any atom is -0.291 e. The van der Waals surface area contributed by atoms with Crippen molar-refractivity contribution in [3.8, 4) is 11.4 Å². The lowest BCUT2D eigenvalue weighted by Gasteiger charge is -2.08. The zero-order valence-electron chi connectivity index (χ0n) is 12.2. The van der Waals surface area contributed by atoms with Crippen molar-refractivity contribution in [3.05, 3.63) is 41.2 Å². The summed E-state index contributed by atoms with van der Waals surface area (Å²) in [5.41, 5.74) is -0.103. The Labute approximate surface area is 142 Å². The van der Waals surface area contributed by atoms with Gasteiger partial charge < -0.3 is 0 Å². The average Bonchev–Trinajstić information content (AvgIpc) is 2.92. The first-order valence-corrected chi connectivity index (χ1v) is 8.48. The molecule has 0 aliphatic rings. The summed E-state index contributed by atoms with van der Waals surface area (Å²) in [6.45, 7) is 1.67. The van der Waals surface area contributed by atoms with Crippen molar-refractivity contribution in [1.82, 2.24) is 19.6 Å². The van der Waals surface area contributed by atoms with Crippen molar-refractivity contribution < 1.29 is 17.4 Å². The zero-order valence-corrected chi connectivity index (χ0v) is 13.8. The van der Waals surface area contributed by atoms with Crippen LogP contribution in [0.3, 0.4) is 0 Å². The Bertz CT molecular complexity index is 924. The maximum absolute atomic E-state index is 13.0. The Balaban J connectivity index is 2.29. The van der Waals surface area contributed by atoms with E-state index in [1.165, 1.54) is 22.6 Å². The van der Waals surface area contributed by atoms with Gasteiger partial charge >= 0.3 is 6.18 Å². The fourth-order valence-corrected chi connectivity index (χ4v) is 3.26. The Morgan fingerprint density at radius 3 is 2.54 bits per heavy atom. The van der Waals surface area contributed by atoms with Gasteiger partial charge in [-0.1, -0.05) is 18.5 Å². The van der Waals surface area contributed by atoms with Crippen LogP contribution in [0.5, 0.6) is 0 Å². The number of aromatic nitrogens is 4. The highest BCUT2D eigenvalue weighted by atomic mass is 35.5. The summed E-state index contributed by atoms with van der Waals surface area (Å²) >= 11 is 5.69. The number of nitrogens with zero attached hydrogens (tertiary/aromatic N) is 4. The van der Waals surface area contributed by atoms with E-state index in [4.69, 9.17) is 11.6 Å². The molecule has 3 rings (SSSR count). The number of hydrogen-bond donors (Lipinski definition) is 0. The van der Waals surface area contributed by atoms with E-state index in [2.05, 4.69) is 15.2 Å². The van der Waals surface area contributed by atoms with Gasteiger partial charge in [-0.2, -0.15) is 13.2 Å². The second-order valence-corrected chi connectivity index (χ2v) is 6.83. The molecule has 0 aromatic carbocycles. The smallest absolute Gasteiger partial charge is 0.291 e. The SMILES string of the molecule is CCS(=O)c1c(-c2ccc(Cl)nn2)nc2ccc(C(F)(F)F)cn12. The van der Waals surface area contributed by atoms with Gasteiger partial charge in [-0.15, -0.1) is 10.2 Å². The summed E-state index contributed by atoms with van der Waals surface area (Å²) in [6, 6.07) is 5.16. The van der Waals surface area contributed by atoms with Gasteiger partial charge in [0.25, 0.3) is 0 Å². The third kappa shape index (κ3) is 3.01. The van der Waals surface area contributed by atoms with Crippen LogP contribution in [0.2, 0.25) is 5.15 Å². The fourth-order valence-electron chi connectivity index (χ4n) is 2.15. The van der Waals surface area contributed by atoms with E-state index in [0.29, 0.717) is 0 Å². The lowest BCUT2D eigenvalue weighted by Crippen LogP contribution is -2.08. The van der Waals surface area contributed by atoms with Crippen molar-refractivity contribution in [1.29, 1.82) is 0 Å². The molecule has 0 amide bonds. The molecule has 0 saturated carbocycles. The van der Waals surface area contributed by atoms with E-state index in [1.807, 2.05) is 0 Å². The van der Waals surface area contributed by atoms with Crippen LogP contribution in [-0.4, -0.2) is 29.5 Å². The molecule has 0 N–H and O–H groups in total. The van der Waals surface area contributed by atoms with Crippen molar-refractivity contribution in [2.45, 2.75) is 18.1 Å². The van der Waals surface area contributed by atoms with E-state index in [-0.39, 0.29) is 33.0 Å². The van der Waals surface area contributed by atoms with E-state index >= 15 is 0 Å². The van der Waals surface area contributed by atoms with E-state index < -0.39 is 22.5 Å². The van der Waals surface area contributed by atoms with Gasteiger partial charge in [0, 0.05) is 11.9 Å². The molecule has 3 aromatic heterocycles. The third-order valence-electron chi connectivity index (χ3n) is 3.25. The van der Waals surface area contributed by atoms with Gasteiger partial charge in [-0.05, 0) is 24.3 Å². The predicted octanol–water partition coefficient (Wildman–Crippen LogP) is 3.59. The maximum Gasteiger partial charge on any atom is 0.417 e. The molecule has 1 unspecified atom stereocenters. The van der Waals surface area contributed by atoms with Crippen LogP contribution in [0.4, 0.5) is 13.2 Å². The quantitative estimate of drug-likeness (QED) is 0.703.